The quantitative estimate of drug-likeness (QED) is 0.481. The minimum Gasteiger partial charge on any atom is -0.391 e. The molecule has 1 aliphatic carbocycles. The number of anilines is 1. The summed E-state index contributed by atoms with van der Waals surface area (Å²) in [5, 5.41) is 22.9. The standard InChI is InChI=1S/C30H36F3N5O3/c1-29(2,3)20-9-11-23(12-10-20)38(28(41)25-14-24(39)17-37(25)18-34)26(27(40)36-22-7-5-4-6-8-22)19-13-21(16-35-15-19)30(31,32)33/h9-13,15-16,22,24-26,39H,4-8,14,17H2,1-3H3,(H,36,40). The number of aromatic nitrogens is 1. The van der Waals surface area contributed by atoms with E-state index in [0.29, 0.717) is 6.20 Å². The number of rotatable bonds is 6. The predicted octanol–water partition coefficient (Wildman–Crippen LogP) is 4.84. The molecule has 41 heavy (non-hydrogen) atoms. The van der Waals surface area contributed by atoms with Crippen molar-refractivity contribution in [2.45, 2.75) is 95.1 Å². The summed E-state index contributed by atoms with van der Waals surface area (Å²) in [5.74, 6) is -1.30. The Bertz CT molecular complexity index is 1280. The molecule has 3 atom stereocenters. The third-order valence-electron chi connectivity index (χ3n) is 7.80. The van der Waals surface area contributed by atoms with Crippen molar-refractivity contribution >= 4 is 17.5 Å². The maximum absolute atomic E-state index is 14.2. The van der Waals surface area contributed by atoms with Crippen molar-refractivity contribution in [2.24, 2.45) is 0 Å². The molecule has 8 nitrogen and oxygen atoms in total. The van der Waals surface area contributed by atoms with Crippen LogP contribution in [0.15, 0.2) is 42.7 Å². The SMILES string of the molecule is CC(C)(C)c1ccc(N(C(=O)C2CC(O)CN2C#N)C(C(=O)NC2CCCCC2)c2cncc(C(F)(F)F)c2)cc1. The van der Waals surface area contributed by atoms with Gasteiger partial charge in [0, 0.05) is 36.1 Å². The second-order valence-electron chi connectivity index (χ2n) is 11.9. The zero-order valence-corrected chi connectivity index (χ0v) is 23.5. The smallest absolute Gasteiger partial charge is 0.391 e. The molecule has 2 N–H and O–H groups in total. The number of aliphatic hydroxyl groups is 1. The molecule has 1 aromatic carbocycles. The second kappa shape index (κ2) is 12.1. The number of nitriles is 1. The highest BCUT2D eigenvalue weighted by Crippen LogP contribution is 2.36. The van der Waals surface area contributed by atoms with E-state index in [9.17, 15) is 33.1 Å². The molecule has 0 spiro atoms. The number of benzene rings is 1. The number of pyridine rings is 1. The lowest BCUT2D eigenvalue weighted by Crippen LogP contribution is -2.51. The number of β-amino-alcohol motifs (C(OH)–C–C–N with tert-alkyl or cyclic N) is 1. The Hall–Kier alpha value is -3.65. The number of hydrogen-bond acceptors (Lipinski definition) is 6. The molecule has 1 saturated carbocycles. The summed E-state index contributed by atoms with van der Waals surface area (Å²) in [6.45, 7) is 5.99. The Morgan fingerprint density at radius 3 is 2.34 bits per heavy atom. The first-order valence-corrected chi connectivity index (χ1v) is 13.9. The van der Waals surface area contributed by atoms with Crippen LogP contribution in [-0.2, 0) is 21.2 Å². The summed E-state index contributed by atoms with van der Waals surface area (Å²) in [6, 6.07) is 4.99. The Labute approximate surface area is 238 Å². The number of likely N-dealkylation sites (tertiary alicyclic amines) is 1. The van der Waals surface area contributed by atoms with Gasteiger partial charge in [-0.15, -0.1) is 0 Å². The normalized spacial score (nSPS) is 20.8. The molecule has 11 heteroatoms. The third-order valence-corrected chi connectivity index (χ3v) is 7.80. The van der Waals surface area contributed by atoms with Crippen LogP contribution in [0.5, 0.6) is 0 Å². The van der Waals surface area contributed by atoms with Crippen molar-refractivity contribution in [3.05, 3.63) is 59.4 Å². The van der Waals surface area contributed by atoms with Gasteiger partial charge in [0.2, 0.25) is 5.91 Å². The lowest BCUT2D eigenvalue weighted by atomic mass is 9.87. The van der Waals surface area contributed by atoms with Gasteiger partial charge in [0.05, 0.1) is 18.2 Å². The zero-order valence-electron chi connectivity index (χ0n) is 23.5. The van der Waals surface area contributed by atoms with E-state index in [4.69, 9.17) is 0 Å². The summed E-state index contributed by atoms with van der Waals surface area (Å²) in [5.41, 5.74) is -0.140. The number of nitrogens with zero attached hydrogens (tertiary/aromatic N) is 4. The van der Waals surface area contributed by atoms with Gasteiger partial charge in [-0.05, 0) is 42.0 Å². The summed E-state index contributed by atoms with van der Waals surface area (Å²) < 4.78 is 41.2. The van der Waals surface area contributed by atoms with Crippen LogP contribution in [0.4, 0.5) is 18.9 Å². The molecular formula is C30H36F3N5O3. The van der Waals surface area contributed by atoms with E-state index in [2.05, 4.69) is 10.3 Å². The largest absolute Gasteiger partial charge is 0.417 e. The summed E-state index contributed by atoms with van der Waals surface area (Å²) >= 11 is 0. The van der Waals surface area contributed by atoms with Gasteiger partial charge in [0.25, 0.3) is 5.91 Å². The topological polar surface area (TPSA) is 110 Å². The highest BCUT2D eigenvalue weighted by molar-refractivity contribution is 6.04. The maximum atomic E-state index is 14.2. The Morgan fingerprint density at radius 1 is 1.10 bits per heavy atom. The van der Waals surface area contributed by atoms with Crippen LogP contribution >= 0.6 is 0 Å². The van der Waals surface area contributed by atoms with Crippen molar-refractivity contribution in [1.82, 2.24) is 15.2 Å². The molecule has 2 amide bonds. The van der Waals surface area contributed by atoms with E-state index >= 15 is 0 Å². The van der Waals surface area contributed by atoms with Gasteiger partial charge < -0.3 is 10.4 Å². The van der Waals surface area contributed by atoms with Crippen LogP contribution in [0.25, 0.3) is 0 Å². The molecule has 2 fully saturated rings. The second-order valence-corrected chi connectivity index (χ2v) is 11.9. The van der Waals surface area contributed by atoms with Crippen molar-refractivity contribution in [3.63, 3.8) is 0 Å². The number of hydrogen-bond donors (Lipinski definition) is 2. The van der Waals surface area contributed by atoms with E-state index in [0.717, 1.165) is 59.7 Å². The van der Waals surface area contributed by atoms with E-state index in [1.807, 2.05) is 39.1 Å². The molecule has 1 aliphatic heterocycles. The van der Waals surface area contributed by atoms with Crippen LogP contribution in [-0.4, -0.2) is 51.5 Å². The summed E-state index contributed by atoms with van der Waals surface area (Å²) in [7, 11) is 0. The van der Waals surface area contributed by atoms with E-state index < -0.39 is 41.7 Å². The van der Waals surface area contributed by atoms with Crippen LogP contribution in [0, 0.1) is 11.5 Å². The van der Waals surface area contributed by atoms with Gasteiger partial charge in [0.1, 0.15) is 12.1 Å². The van der Waals surface area contributed by atoms with Gasteiger partial charge in [-0.3, -0.25) is 24.4 Å². The molecule has 2 heterocycles. The van der Waals surface area contributed by atoms with Gasteiger partial charge in [-0.25, -0.2) is 0 Å². The van der Waals surface area contributed by atoms with Crippen LogP contribution in [0.2, 0.25) is 0 Å². The fourth-order valence-corrected chi connectivity index (χ4v) is 5.55. The average molecular weight is 572 g/mol. The Morgan fingerprint density at radius 2 is 1.76 bits per heavy atom. The minimum absolute atomic E-state index is 0.0548. The van der Waals surface area contributed by atoms with Gasteiger partial charge in [-0.2, -0.15) is 18.4 Å². The predicted molar refractivity (Wildman–Crippen MR) is 146 cm³/mol. The first-order valence-electron chi connectivity index (χ1n) is 13.9. The first kappa shape index (κ1) is 30.3. The van der Waals surface area contributed by atoms with Crippen molar-refractivity contribution in [2.75, 3.05) is 11.4 Å². The molecule has 0 radical (unpaired) electrons. The number of carbonyl (C=O) groups excluding carboxylic acids is 2. The molecule has 3 unspecified atom stereocenters. The van der Waals surface area contributed by atoms with Gasteiger partial charge in [-0.1, -0.05) is 52.2 Å². The minimum atomic E-state index is -4.72. The molecule has 0 bridgehead atoms. The number of carbonyl (C=O) groups is 2. The monoisotopic (exact) mass is 571 g/mol. The van der Waals surface area contributed by atoms with Crippen LogP contribution in [0.3, 0.4) is 0 Å². The number of amides is 2. The molecule has 220 valence electrons. The third kappa shape index (κ3) is 6.99. The van der Waals surface area contributed by atoms with Crippen molar-refractivity contribution in [1.29, 1.82) is 5.26 Å². The van der Waals surface area contributed by atoms with Crippen LogP contribution < -0.4 is 10.2 Å². The van der Waals surface area contributed by atoms with Crippen LogP contribution in [0.1, 0.15) is 82.0 Å². The van der Waals surface area contributed by atoms with Crippen molar-refractivity contribution in [3.8, 4) is 6.19 Å². The van der Waals surface area contributed by atoms with Gasteiger partial charge >= 0.3 is 6.18 Å². The number of alkyl halides is 3. The van der Waals surface area contributed by atoms with E-state index in [1.54, 1.807) is 12.1 Å². The lowest BCUT2D eigenvalue weighted by Gasteiger charge is -2.36. The fourth-order valence-electron chi connectivity index (χ4n) is 5.55. The zero-order chi connectivity index (χ0) is 29.9. The number of nitrogens with one attached hydrogen (secondary N) is 1. The fraction of sp³-hybridized carbons (Fsp3) is 0.533. The summed E-state index contributed by atoms with van der Waals surface area (Å²) in [4.78, 5) is 34.3. The number of aliphatic hydroxyl groups excluding tert-OH is 1. The molecule has 1 aromatic heterocycles. The molecule has 4 rings (SSSR count). The molecule has 2 aromatic rings. The molecule has 1 saturated heterocycles. The molecular weight excluding hydrogens is 535 g/mol. The average Bonchev–Trinajstić information content (AvgIpc) is 3.31. The maximum Gasteiger partial charge on any atom is 0.417 e. The lowest BCUT2D eigenvalue weighted by molar-refractivity contribution is -0.138. The first-order chi connectivity index (χ1) is 19.3. The Balaban J connectivity index is 1.86. The van der Waals surface area contributed by atoms with Gasteiger partial charge in [0.15, 0.2) is 6.19 Å². The Kier molecular flexibility index (Phi) is 8.92. The highest BCUT2D eigenvalue weighted by Gasteiger charge is 2.43. The molecule has 2 aliphatic rings. The van der Waals surface area contributed by atoms with E-state index in [1.165, 1.54) is 0 Å². The van der Waals surface area contributed by atoms with E-state index in [-0.39, 0.29) is 35.7 Å². The summed E-state index contributed by atoms with van der Waals surface area (Å²) in [6.07, 6.45) is 2.36. The van der Waals surface area contributed by atoms with Crippen molar-refractivity contribution < 1.29 is 27.9 Å². The highest BCUT2D eigenvalue weighted by atomic mass is 19.4. The number of halogens is 3.